The Kier molecular flexibility index (Phi) is 7.44. The van der Waals surface area contributed by atoms with Crippen molar-refractivity contribution in [2.24, 2.45) is 5.10 Å². The topological polar surface area (TPSA) is 72.0 Å². The second-order valence-corrected chi connectivity index (χ2v) is 6.50. The lowest BCUT2D eigenvalue weighted by molar-refractivity contribution is 0.211. The minimum absolute atomic E-state index is 0.117. The summed E-state index contributed by atoms with van der Waals surface area (Å²) >= 11 is 0. The Morgan fingerprint density at radius 2 is 1.70 bits per heavy atom. The van der Waals surface area contributed by atoms with Crippen LogP contribution in [0.2, 0.25) is 0 Å². The van der Waals surface area contributed by atoms with E-state index in [-0.39, 0.29) is 6.10 Å². The molecule has 0 aliphatic heterocycles. The number of benzene rings is 3. The van der Waals surface area contributed by atoms with Crippen LogP contribution in [0.1, 0.15) is 31.1 Å². The molecular formula is C24H25N3O3. The Balaban J connectivity index is 1.63. The van der Waals surface area contributed by atoms with Gasteiger partial charge in [-0.15, -0.1) is 0 Å². The number of hydrogen-bond acceptors (Lipinski definition) is 4. The summed E-state index contributed by atoms with van der Waals surface area (Å²) < 4.78 is 11.8. The van der Waals surface area contributed by atoms with Crippen LogP contribution in [0.3, 0.4) is 0 Å². The fourth-order valence-electron chi connectivity index (χ4n) is 2.80. The van der Waals surface area contributed by atoms with Gasteiger partial charge in [-0.05, 0) is 55.3 Å². The standard InChI is InChI=1S/C24H25N3O3/c1-3-29-23-16-19(17-25-27-24(28)26-21-12-8-5-9-13-21)14-15-22(23)30-18(2)20-10-6-4-7-11-20/h4-18H,3H2,1-2H3,(H2,26,27,28)/b25-17-/t18-/m1/s1. The quantitative estimate of drug-likeness (QED) is 0.392. The first-order valence-corrected chi connectivity index (χ1v) is 9.79. The van der Waals surface area contributed by atoms with Crippen LogP contribution < -0.4 is 20.2 Å². The number of hydrogen-bond donors (Lipinski definition) is 2. The molecule has 6 heteroatoms. The van der Waals surface area contributed by atoms with Gasteiger partial charge in [-0.2, -0.15) is 5.10 Å². The van der Waals surface area contributed by atoms with Crippen molar-refractivity contribution in [1.29, 1.82) is 0 Å². The van der Waals surface area contributed by atoms with E-state index in [1.807, 2.05) is 80.6 Å². The number of urea groups is 1. The Bertz CT molecular complexity index is 976. The molecule has 0 aliphatic carbocycles. The minimum atomic E-state index is -0.417. The average Bonchev–Trinajstić information content (AvgIpc) is 2.77. The summed E-state index contributed by atoms with van der Waals surface area (Å²) in [7, 11) is 0. The molecule has 154 valence electrons. The molecule has 0 unspecified atom stereocenters. The van der Waals surface area contributed by atoms with E-state index in [0.717, 1.165) is 11.1 Å². The van der Waals surface area contributed by atoms with Crippen LogP contribution in [-0.4, -0.2) is 18.9 Å². The van der Waals surface area contributed by atoms with E-state index in [1.165, 1.54) is 0 Å². The number of ether oxygens (including phenoxy) is 2. The van der Waals surface area contributed by atoms with Crippen molar-refractivity contribution < 1.29 is 14.3 Å². The third kappa shape index (κ3) is 6.10. The highest BCUT2D eigenvalue weighted by molar-refractivity contribution is 5.90. The molecule has 3 aromatic carbocycles. The molecule has 0 aromatic heterocycles. The van der Waals surface area contributed by atoms with Gasteiger partial charge in [-0.25, -0.2) is 10.2 Å². The molecule has 2 N–H and O–H groups in total. The molecule has 0 heterocycles. The van der Waals surface area contributed by atoms with E-state index >= 15 is 0 Å². The Morgan fingerprint density at radius 1 is 1.00 bits per heavy atom. The molecule has 3 aromatic rings. The van der Waals surface area contributed by atoms with Gasteiger partial charge in [0.05, 0.1) is 12.8 Å². The molecule has 0 saturated carbocycles. The fourth-order valence-corrected chi connectivity index (χ4v) is 2.80. The van der Waals surface area contributed by atoms with Gasteiger partial charge >= 0.3 is 6.03 Å². The second-order valence-electron chi connectivity index (χ2n) is 6.50. The molecule has 0 aliphatic rings. The van der Waals surface area contributed by atoms with E-state index in [4.69, 9.17) is 9.47 Å². The Labute approximate surface area is 176 Å². The highest BCUT2D eigenvalue weighted by Crippen LogP contribution is 2.32. The maximum Gasteiger partial charge on any atom is 0.339 e. The third-order valence-corrected chi connectivity index (χ3v) is 4.25. The number of carbonyl (C=O) groups excluding carboxylic acids is 1. The summed E-state index contributed by atoms with van der Waals surface area (Å²) in [5, 5.41) is 6.69. The fraction of sp³-hybridized carbons (Fsp3) is 0.167. The zero-order valence-electron chi connectivity index (χ0n) is 17.0. The van der Waals surface area contributed by atoms with Gasteiger partial charge in [0.15, 0.2) is 11.5 Å². The normalized spacial score (nSPS) is 11.7. The van der Waals surface area contributed by atoms with Gasteiger partial charge in [-0.3, -0.25) is 0 Å². The molecule has 0 bridgehead atoms. The number of anilines is 1. The van der Waals surface area contributed by atoms with E-state index in [9.17, 15) is 4.79 Å². The summed E-state index contributed by atoms with van der Waals surface area (Å²) in [6, 6.07) is 24.3. The van der Waals surface area contributed by atoms with Gasteiger partial charge < -0.3 is 14.8 Å². The number of rotatable bonds is 8. The van der Waals surface area contributed by atoms with Crippen molar-refractivity contribution >= 4 is 17.9 Å². The summed E-state index contributed by atoms with van der Waals surface area (Å²) in [4.78, 5) is 11.9. The number of nitrogens with one attached hydrogen (secondary N) is 2. The highest BCUT2D eigenvalue weighted by atomic mass is 16.5. The summed E-state index contributed by atoms with van der Waals surface area (Å²) in [5.41, 5.74) is 5.00. The minimum Gasteiger partial charge on any atom is -0.490 e. The molecule has 30 heavy (non-hydrogen) atoms. The van der Waals surface area contributed by atoms with Crippen molar-refractivity contribution in [3.63, 3.8) is 0 Å². The Hall–Kier alpha value is -3.80. The van der Waals surface area contributed by atoms with Crippen LogP contribution >= 0.6 is 0 Å². The molecular weight excluding hydrogens is 378 g/mol. The first-order valence-electron chi connectivity index (χ1n) is 9.79. The number of carbonyl (C=O) groups is 1. The second kappa shape index (κ2) is 10.7. The summed E-state index contributed by atoms with van der Waals surface area (Å²) in [6.45, 7) is 4.42. The smallest absolute Gasteiger partial charge is 0.339 e. The summed E-state index contributed by atoms with van der Waals surface area (Å²) in [5.74, 6) is 1.28. The van der Waals surface area contributed by atoms with Crippen LogP contribution in [-0.2, 0) is 0 Å². The van der Waals surface area contributed by atoms with E-state index in [2.05, 4.69) is 15.8 Å². The third-order valence-electron chi connectivity index (χ3n) is 4.25. The van der Waals surface area contributed by atoms with E-state index in [0.29, 0.717) is 23.8 Å². The largest absolute Gasteiger partial charge is 0.490 e. The maximum absolute atomic E-state index is 11.9. The molecule has 0 spiro atoms. The predicted octanol–water partition coefficient (Wildman–Crippen LogP) is 5.38. The molecule has 2 amide bonds. The van der Waals surface area contributed by atoms with Gasteiger partial charge in [0, 0.05) is 5.69 Å². The first kappa shape index (κ1) is 20.9. The number of nitrogens with zero attached hydrogens (tertiary/aromatic N) is 1. The van der Waals surface area contributed by atoms with Gasteiger partial charge in [-0.1, -0.05) is 48.5 Å². The number of hydrazone groups is 1. The average molecular weight is 403 g/mol. The lowest BCUT2D eigenvalue weighted by Crippen LogP contribution is -2.24. The van der Waals surface area contributed by atoms with Gasteiger partial charge in [0.2, 0.25) is 0 Å². The Morgan fingerprint density at radius 3 is 2.40 bits per heavy atom. The zero-order chi connectivity index (χ0) is 21.2. The number of para-hydroxylation sites is 1. The van der Waals surface area contributed by atoms with Gasteiger partial charge in [0.25, 0.3) is 0 Å². The van der Waals surface area contributed by atoms with Crippen LogP contribution in [0.5, 0.6) is 11.5 Å². The molecule has 0 fully saturated rings. The monoisotopic (exact) mass is 403 g/mol. The van der Waals surface area contributed by atoms with Crippen molar-refractivity contribution in [2.45, 2.75) is 20.0 Å². The molecule has 0 saturated heterocycles. The summed E-state index contributed by atoms with van der Waals surface area (Å²) in [6.07, 6.45) is 1.44. The van der Waals surface area contributed by atoms with Crippen molar-refractivity contribution in [2.75, 3.05) is 11.9 Å². The molecule has 3 rings (SSSR count). The van der Waals surface area contributed by atoms with Gasteiger partial charge in [0.1, 0.15) is 6.10 Å². The SMILES string of the molecule is CCOc1cc(/C=N\NC(=O)Nc2ccccc2)ccc1O[C@H](C)c1ccccc1. The van der Waals surface area contributed by atoms with Crippen molar-refractivity contribution in [3.8, 4) is 11.5 Å². The van der Waals surface area contributed by atoms with Crippen molar-refractivity contribution in [1.82, 2.24) is 5.43 Å². The van der Waals surface area contributed by atoms with E-state index in [1.54, 1.807) is 18.3 Å². The zero-order valence-corrected chi connectivity index (χ0v) is 17.0. The predicted molar refractivity (Wildman–Crippen MR) is 119 cm³/mol. The molecule has 0 radical (unpaired) electrons. The number of amides is 2. The van der Waals surface area contributed by atoms with Crippen LogP contribution in [0.15, 0.2) is 84.0 Å². The first-order chi connectivity index (χ1) is 14.7. The molecule has 6 nitrogen and oxygen atoms in total. The maximum atomic E-state index is 11.9. The van der Waals surface area contributed by atoms with Crippen LogP contribution in [0.25, 0.3) is 0 Å². The van der Waals surface area contributed by atoms with Crippen molar-refractivity contribution in [3.05, 3.63) is 90.0 Å². The van der Waals surface area contributed by atoms with Crippen LogP contribution in [0.4, 0.5) is 10.5 Å². The van der Waals surface area contributed by atoms with E-state index < -0.39 is 6.03 Å². The lowest BCUT2D eigenvalue weighted by Gasteiger charge is -2.18. The lowest BCUT2D eigenvalue weighted by atomic mass is 10.1. The van der Waals surface area contributed by atoms with Crippen LogP contribution in [0, 0.1) is 0 Å². The highest BCUT2D eigenvalue weighted by Gasteiger charge is 2.12. The molecule has 1 atom stereocenters.